The van der Waals surface area contributed by atoms with E-state index < -0.39 is 0 Å². The van der Waals surface area contributed by atoms with Crippen LogP contribution in [0.2, 0.25) is 0 Å². The molecule has 3 N–H and O–H groups in total. The Kier molecular flexibility index (Phi) is 3.80. The second kappa shape index (κ2) is 5.53. The number of hydrogen-bond acceptors (Lipinski definition) is 2. The maximum absolute atomic E-state index is 5.98. The third-order valence-electron chi connectivity index (χ3n) is 2.90. The van der Waals surface area contributed by atoms with Gasteiger partial charge in [-0.1, -0.05) is 12.8 Å². The Hall–Kier alpha value is -1.52. The molecule has 0 aliphatic carbocycles. The van der Waals surface area contributed by atoms with Gasteiger partial charge < -0.3 is 10.6 Å². The molecular formula is C11H19N5. The van der Waals surface area contributed by atoms with Gasteiger partial charge in [-0.15, -0.1) is 0 Å². The molecule has 0 radical (unpaired) electrons. The topological polar surface area (TPSA) is 70.3 Å². The minimum atomic E-state index is 0.586. The smallest absolute Gasteiger partial charge is 0.191 e. The van der Waals surface area contributed by atoms with Crippen LogP contribution in [0.1, 0.15) is 31.4 Å². The first-order valence-corrected chi connectivity index (χ1v) is 5.89. The van der Waals surface area contributed by atoms with Gasteiger partial charge in [-0.05, 0) is 18.9 Å². The van der Waals surface area contributed by atoms with Gasteiger partial charge >= 0.3 is 0 Å². The molecule has 0 bridgehead atoms. The molecular weight excluding hydrogens is 202 g/mol. The molecule has 2 rings (SSSR count). The highest BCUT2D eigenvalue weighted by atomic mass is 15.3. The quantitative estimate of drug-likeness (QED) is 0.580. The van der Waals surface area contributed by atoms with Crippen molar-refractivity contribution >= 4 is 5.96 Å². The van der Waals surface area contributed by atoms with Gasteiger partial charge in [-0.3, -0.25) is 5.10 Å². The molecule has 1 aromatic rings. The van der Waals surface area contributed by atoms with Crippen molar-refractivity contribution in [2.45, 2.75) is 32.2 Å². The zero-order valence-electron chi connectivity index (χ0n) is 9.52. The Bertz CT molecular complexity index is 322. The van der Waals surface area contributed by atoms with Gasteiger partial charge in [0.1, 0.15) is 0 Å². The molecule has 0 atom stereocenters. The summed E-state index contributed by atoms with van der Waals surface area (Å²) < 4.78 is 0. The predicted molar refractivity (Wildman–Crippen MR) is 64.0 cm³/mol. The molecule has 2 heterocycles. The number of aromatic nitrogens is 2. The number of aliphatic imine (C=N–C) groups is 1. The summed E-state index contributed by atoms with van der Waals surface area (Å²) in [4.78, 5) is 6.56. The molecule has 16 heavy (non-hydrogen) atoms. The Balaban J connectivity index is 1.89. The van der Waals surface area contributed by atoms with E-state index in [4.69, 9.17) is 5.73 Å². The molecule has 0 aromatic carbocycles. The first kappa shape index (κ1) is 11.0. The zero-order chi connectivity index (χ0) is 11.2. The van der Waals surface area contributed by atoms with E-state index >= 15 is 0 Å². The molecule has 1 aliphatic heterocycles. The average molecular weight is 221 g/mol. The van der Waals surface area contributed by atoms with Crippen molar-refractivity contribution in [1.82, 2.24) is 15.1 Å². The zero-order valence-corrected chi connectivity index (χ0v) is 9.52. The Morgan fingerprint density at radius 1 is 1.38 bits per heavy atom. The van der Waals surface area contributed by atoms with Crippen molar-refractivity contribution in [3.8, 4) is 0 Å². The van der Waals surface area contributed by atoms with Gasteiger partial charge in [0, 0.05) is 19.3 Å². The summed E-state index contributed by atoms with van der Waals surface area (Å²) in [5.41, 5.74) is 6.97. The maximum atomic E-state index is 5.98. The number of nitrogens with two attached hydrogens (primary N) is 1. The SMILES string of the molecule is NC(=NCc1ccn[nH]1)N1CCCCCC1. The summed E-state index contributed by atoms with van der Waals surface area (Å²) in [7, 11) is 0. The fourth-order valence-corrected chi connectivity index (χ4v) is 1.94. The fourth-order valence-electron chi connectivity index (χ4n) is 1.94. The number of nitrogens with zero attached hydrogens (tertiary/aromatic N) is 3. The second-order valence-electron chi connectivity index (χ2n) is 4.16. The van der Waals surface area contributed by atoms with Gasteiger partial charge in [0.25, 0.3) is 0 Å². The fraction of sp³-hybridized carbons (Fsp3) is 0.636. The highest BCUT2D eigenvalue weighted by molar-refractivity contribution is 5.78. The van der Waals surface area contributed by atoms with E-state index in [1.807, 2.05) is 6.07 Å². The van der Waals surface area contributed by atoms with Crippen molar-refractivity contribution in [3.63, 3.8) is 0 Å². The van der Waals surface area contributed by atoms with Crippen LogP contribution >= 0.6 is 0 Å². The molecule has 0 saturated carbocycles. The Labute approximate surface area is 95.7 Å². The first-order chi connectivity index (χ1) is 7.86. The standard InChI is InChI=1S/C11H19N5/c12-11(13-9-10-5-6-14-15-10)16-7-3-1-2-4-8-16/h5-6H,1-4,7-9H2,(H2,12,13)(H,14,15). The molecule has 1 fully saturated rings. The van der Waals surface area contributed by atoms with Crippen LogP contribution in [0.4, 0.5) is 0 Å². The van der Waals surface area contributed by atoms with Crippen LogP contribution < -0.4 is 5.73 Å². The molecule has 0 amide bonds. The molecule has 0 spiro atoms. The van der Waals surface area contributed by atoms with E-state index in [1.165, 1.54) is 25.7 Å². The van der Waals surface area contributed by atoms with E-state index in [9.17, 15) is 0 Å². The highest BCUT2D eigenvalue weighted by Crippen LogP contribution is 2.09. The van der Waals surface area contributed by atoms with Crippen LogP contribution in [0.5, 0.6) is 0 Å². The number of guanidine groups is 1. The van der Waals surface area contributed by atoms with E-state index in [-0.39, 0.29) is 0 Å². The van der Waals surface area contributed by atoms with E-state index in [0.717, 1.165) is 18.8 Å². The molecule has 0 unspecified atom stereocenters. The lowest BCUT2D eigenvalue weighted by molar-refractivity contribution is 0.428. The lowest BCUT2D eigenvalue weighted by atomic mass is 10.2. The van der Waals surface area contributed by atoms with Gasteiger partial charge in [-0.25, -0.2) is 4.99 Å². The van der Waals surface area contributed by atoms with E-state index in [0.29, 0.717) is 12.5 Å². The number of hydrogen-bond donors (Lipinski definition) is 2. The number of rotatable bonds is 2. The van der Waals surface area contributed by atoms with Crippen LogP contribution in [0, 0.1) is 0 Å². The Morgan fingerprint density at radius 2 is 2.12 bits per heavy atom. The predicted octanol–water partition coefficient (Wildman–Crippen LogP) is 1.10. The summed E-state index contributed by atoms with van der Waals surface area (Å²) in [6.07, 6.45) is 6.79. The lowest BCUT2D eigenvalue weighted by Crippen LogP contribution is -2.38. The normalized spacial score (nSPS) is 18.5. The number of aromatic amines is 1. The third kappa shape index (κ3) is 2.98. The highest BCUT2D eigenvalue weighted by Gasteiger charge is 2.10. The maximum Gasteiger partial charge on any atom is 0.191 e. The number of likely N-dealkylation sites (tertiary alicyclic amines) is 1. The molecule has 5 heteroatoms. The minimum Gasteiger partial charge on any atom is -0.370 e. The average Bonchev–Trinajstić information content (AvgIpc) is 2.66. The van der Waals surface area contributed by atoms with Crippen molar-refractivity contribution in [3.05, 3.63) is 18.0 Å². The molecule has 1 aromatic heterocycles. The van der Waals surface area contributed by atoms with Crippen LogP contribution in [0.3, 0.4) is 0 Å². The number of H-pyrrole nitrogens is 1. The van der Waals surface area contributed by atoms with Crippen molar-refractivity contribution in [2.24, 2.45) is 10.7 Å². The van der Waals surface area contributed by atoms with E-state index in [2.05, 4.69) is 20.1 Å². The lowest BCUT2D eigenvalue weighted by Gasteiger charge is -2.20. The molecule has 1 saturated heterocycles. The monoisotopic (exact) mass is 221 g/mol. The van der Waals surface area contributed by atoms with Gasteiger partial charge in [-0.2, -0.15) is 5.10 Å². The number of nitrogens with one attached hydrogen (secondary N) is 1. The van der Waals surface area contributed by atoms with Crippen molar-refractivity contribution < 1.29 is 0 Å². The summed E-state index contributed by atoms with van der Waals surface area (Å²) in [6.45, 7) is 2.67. The van der Waals surface area contributed by atoms with Gasteiger partial charge in [0.2, 0.25) is 0 Å². The largest absolute Gasteiger partial charge is 0.370 e. The summed E-state index contributed by atoms with van der Waals surface area (Å²) in [6, 6.07) is 1.92. The van der Waals surface area contributed by atoms with Crippen molar-refractivity contribution in [2.75, 3.05) is 13.1 Å². The molecule has 5 nitrogen and oxygen atoms in total. The Morgan fingerprint density at radius 3 is 2.75 bits per heavy atom. The van der Waals surface area contributed by atoms with Crippen LogP contribution in [0.15, 0.2) is 17.3 Å². The van der Waals surface area contributed by atoms with Crippen molar-refractivity contribution in [1.29, 1.82) is 0 Å². The molecule has 88 valence electrons. The summed E-state index contributed by atoms with van der Waals surface area (Å²) in [5.74, 6) is 0.663. The van der Waals surface area contributed by atoms with Crippen LogP contribution in [-0.4, -0.2) is 34.1 Å². The summed E-state index contributed by atoms with van der Waals surface area (Å²) >= 11 is 0. The first-order valence-electron chi connectivity index (χ1n) is 5.89. The summed E-state index contributed by atoms with van der Waals surface area (Å²) in [5, 5.41) is 6.76. The van der Waals surface area contributed by atoms with E-state index in [1.54, 1.807) is 6.20 Å². The second-order valence-corrected chi connectivity index (χ2v) is 4.16. The van der Waals surface area contributed by atoms with Crippen LogP contribution in [0.25, 0.3) is 0 Å². The van der Waals surface area contributed by atoms with Gasteiger partial charge in [0.15, 0.2) is 5.96 Å². The minimum absolute atomic E-state index is 0.586. The van der Waals surface area contributed by atoms with Crippen LogP contribution in [-0.2, 0) is 6.54 Å². The van der Waals surface area contributed by atoms with Gasteiger partial charge in [0.05, 0.1) is 12.2 Å². The third-order valence-corrected chi connectivity index (χ3v) is 2.90. The molecule has 1 aliphatic rings.